The Morgan fingerprint density at radius 3 is 2.19 bits per heavy atom. The molecule has 0 aliphatic carbocycles. The van der Waals surface area contributed by atoms with Gasteiger partial charge in [-0.15, -0.1) is 11.8 Å². The summed E-state index contributed by atoms with van der Waals surface area (Å²) in [6.45, 7) is 5.36. The summed E-state index contributed by atoms with van der Waals surface area (Å²) in [5.41, 5.74) is 2.52. The van der Waals surface area contributed by atoms with Gasteiger partial charge in [-0.2, -0.15) is 0 Å². The number of nitrogens with one attached hydrogen (secondary N) is 1. The fourth-order valence-corrected chi connectivity index (χ4v) is 3.34. The van der Waals surface area contributed by atoms with Gasteiger partial charge >= 0.3 is 0 Å². The van der Waals surface area contributed by atoms with Gasteiger partial charge in [0.05, 0.1) is 5.75 Å². The first-order valence-corrected chi connectivity index (χ1v) is 10.1. The average Bonchev–Trinajstić information content (AvgIpc) is 2.65. The quantitative estimate of drug-likeness (QED) is 0.711. The van der Waals surface area contributed by atoms with E-state index in [2.05, 4.69) is 5.32 Å². The Morgan fingerprint density at radius 1 is 1.00 bits per heavy atom. The molecule has 26 heavy (non-hydrogen) atoms. The average molecular weight is 391 g/mol. The van der Waals surface area contributed by atoms with Crippen molar-refractivity contribution in [3.63, 3.8) is 0 Å². The summed E-state index contributed by atoms with van der Waals surface area (Å²) in [4.78, 5) is 26.0. The van der Waals surface area contributed by atoms with Crippen LogP contribution >= 0.6 is 23.4 Å². The Hall–Kier alpha value is -1.98. The van der Waals surface area contributed by atoms with E-state index in [1.807, 2.05) is 38.1 Å². The Labute approximate surface area is 163 Å². The predicted molar refractivity (Wildman–Crippen MR) is 110 cm³/mol. The SMILES string of the molecule is CCN(CC)C(=O)c1ccc(CSCC(=O)Nc2ccc(Cl)cc2)cc1. The normalized spacial score (nSPS) is 10.4. The minimum Gasteiger partial charge on any atom is -0.339 e. The van der Waals surface area contributed by atoms with Crippen molar-refractivity contribution in [1.29, 1.82) is 0 Å². The van der Waals surface area contributed by atoms with Crippen molar-refractivity contribution in [2.24, 2.45) is 0 Å². The molecular formula is C20H23ClN2O2S. The van der Waals surface area contributed by atoms with Crippen molar-refractivity contribution in [3.8, 4) is 0 Å². The van der Waals surface area contributed by atoms with Crippen LogP contribution < -0.4 is 5.32 Å². The molecule has 0 aliphatic heterocycles. The summed E-state index contributed by atoms with van der Waals surface area (Å²) < 4.78 is 0. The number of rotatable bonds is 8. The molecule has 0 radical (unpaired) electrons. The summed E-state index contributed by atoms with van der Waals surface area (Å²) in [6, 6.07) is 14.6. The highest BCUT2D eigenvalue weighted by Gasteiger charge is 2.12. The maximum Gasteiger partial charge on any atom is 0.253 e. The second kappa shape index (κ2) is 10.2. The standard InChI is InChI=1S/C20H23ClN2O2S/c1-3-23(4-2)20(25)16-7-5-15(6-8-16)13-26-14-19(24)22-18-11-9-17(21)10-12-18/h5-12H,3-4,13-14H2,1-2H3,(H,22,24). The maximum absolute atomic E-state index is 12.3. The zero-order valence-electron chi connectivity index (χ0n) is 15.0. The van der Waals surface area contributed by atoms with Crippen LogP contribution in [0.15, 0.2) is 48.5 Å². The van der Waals surface area contributed by atoms with Gasteiger partial charge in [-0.3, -0.25) is 9.59 Å². The number of nitrogens with zero attached hydrogens (tertiary/aromatic N) is 1. The molecular weight excluding hydrogens is 368 g/mol. The lowest BCUT2D eigenvalue weighted by atomic mass is 10.1. The molecule has 0 spiro atoms. The van der Waals surface area contributed by atoms with Crippen molar-refractivity contribution < 1.29 is 9.59 Å². The summed E-state index contributed by atoms with van der Waals surface area (Å²) in [6.07, 6.45) is 0. The van der Waals surface area contributed by atoms with Crippen LogP contribution in [0.25, 0.3) is 0 Å². The number of halogens is 1. The minimum atomic E-state index is -0.0503. The van der Waals surface area contributed by atoms with Crippen LogP contribution in [0.5, 0.6) is 0 Å². The van der Waals surface area contributed by atoms with Crippen molar-refractivity contribution in [3.05, 3.63) is 64.7 Å². The largest absolute Gasteiger partial charge is 0.339 e. The molecule has 2 aromatic carbocycles. The monoisotopic (exact) mass is 390 g/mol. The lowest BCUT2D eigenvalue weighted by Crippen LogP contribution is -2.30. The number of benzene rings is 2. The molecule has 0 fully saturated rings. The third kappa shape index (κ3) is 6.07. The second-order valence-corrected chi connectivity index (χ2v) is 7.14. The second-order valence-electron chi connectivity index (χ2n) is 5.72. The van der Waals surface area contributed by atoms with E-state index in [9.17, 15) is 9.59 Å². The number of carbonyl (C=O) groups is 2. The number of carbonyl (C=O) groups excluding carboxylic acids is 2. The molecule has 0 heterocycles. The van der Waals surface area contributed by atoms with Gasteiger partial charge in [0.15, 0.2) is 0 Å². The molecule has 0 aliphatic rings. The first-order chi connectivity index (χ1) is 12.5. The van der Waals surface area contributed by atoms with Gasteiger partial charge in [0.25, 0.3) is 5.91 Å². The van der Waals surface area contributed by atoms with E-state index >= 15 is 0 Å². The maximum atomic E-state index is 12.3. The highest BCUT2D eigenvalue weighted by atomic mass is 35.5. The first kappa shape index (κ1) is 20.3. The molecule has 2 rings (SSSR count). The van der Waals surface area contributed by atoms with E-state index in [1.165, 1.54) is 11.8 Å². The van der Waals surface area contributed by atoms with Crippen LogP contribution in [0, 0.1) is 0 Å². The molecule has 4 nitrogen and oxygen atoms in total. The molecule has 2 aromatic rings. The number of thioether (sulfide) groups is 1. The van der Waals surface area contributed by atoms with Gasteiger partial charge in [-0.05, 0) is 55.8 Å². The smallest absolute Gasteiger partial charge is 0.253 e. The fraction of sp³-hybridized carbons (Fsp3) is 0.300. The molecule has 0 saturated carbocycles. The molecule has 138 valence electrons. The molecule has 0 saturated heterocycles. The van der Waals surface area contributed by atoms with E-state index in [1.54, 1.807) is 29.2 Å². The number of amides is 2. The summed E-state index contributed by atoms with van der Waals surface area (Å²) >= 11 is 7.36. The van der Waals surface area contributed by atoms with E-state index in [0.29, 0.717) is 35.2 Å². The van der Waals surface area contributed by atoms with Crippen LogP contribution in [0.3, 0.4) is 0 Å². The highest BCUT2D eigenvalue weighted by Crippen LogP contribution is 2.16. The molecule has 0 aromatic heterocycles. The number of hydrogen-bond donors (Lipinski definition) is 1. The van der Waals surface area contributed by atoms with E-state index in [-0.39, 0.29) is 11.8 Å². The van der Waals surface area contributed by atoms with E-state index in [4.69, 9.17) is 11.6 Å². The molecule has 2 amide bonds. The zero-order valence-corrected chi connectivity index (χ0v) is 16.6. The van der Waals surface area contributed by atoms with Crippen molar-refractivity contribution in [2.75, 3.05) is 24.2 Å². The lowest BCUT2D eigenvalue weighted by molar-refractivity contribution is -0.113. The summed E-state index contributed by atoms with van der Waals surface area (Å²) in [5, 5.41) is 3.48. The van der Waals surface area contributed by atoms with Crippen LogP contribution in [-0.2, 0) is 10.5 Å². The van der Waals surface area contributed by atoms with Gasteiger partial charge in [0.1, 0.15) is 0 Å². The van der Waals surface area contributed by atoms with Gasteiger partial charge < -0.3 is 10.2 Å². The van der Waals surface area contributed by atoms with Gasteiger partial charge in [0, 0.05) is 35.1 Å². The molecule has 1 N–H and O–H groups in total. The minimum absolute atomic E-state index is 0.0503. The predicted octanol–water partition coefficient (Wildman–Crippen LogP) is 4.69. The van der Waals surface area contributed by atoms with Gasteiger partial charge in [-0.25, -0.2) is 0 Å². The third-order valence-corrected chi connectivity index (χ3v) is 5.14. The van der Waals surface area contributed by atoms with E-state index < -0.39 is 0 Å². The number of anilines is 1. The van der Waals surface area contributed by atoms with E-state index in [0.717, 1.165) is 11.3 Å². The zero-order chi connectivity index (χ0) is 18.9. The van der Waals surface area contributed by atoms with Crippen molar-refractivity contribution in [2.45, 2.75) is 19.6 Å². The molecule has 0 unspecified atom stereocenters. The number of hydrogen-bond acceptors (Lipinski definition) is 3. The summed E-state index contributed by atoms with van der Waals surface area (Å²) in [7, 11) is 0. The molecule has 0 atom stereocenters. The molecule has 0 bridgehead atoms. The van der Waals surface area contributed by atoms with Crippen LogP contribution in [0.2, 0.25) is 5.02 Å². The highest BCUT2D eigenvalue weighted by molar-refractivity contribution is 7.99. The van der Waals surface area contributed by atoms with Crippen LogP contribution in [-0.4, -0.2) is 35.6 Å². The van der Waals surface area contributed by atoms with Crippen LogP contribution in [0.1, 0.15) is 29.8 Å². The van der Waals surface area contributed by atoms with Gasteiger partial charge in [0.2, 0.25) is 5.91 Å². The first-order valence-electron chi connectivity index (χ1n) is 8.54. The topological polar surface area (TPSA) is 49.4 Å². The Balaban J connectivity index is 1.79. The molecule has 6 heteroatoms. The Bertz CT molecular complexity index is 728. The summed E-state index contributed by atoms with van der Waals surface area (Å²) in [5.74, 6) is 1.08. The van der Waals surface area contributed by atoms with Crippen molar-refractivity contribution in [1.82, 2.24) is 4.90 Å². The fourth-order valence-electron chi connectivity index (χ4n) is 2.43. The Kier molecular flexibility index (Phi) is 8.01. The Morgan fingerprint density at radius 2 is 1.62 bits per heavy atom. The van der Waals surface area contributed by atoms with Crippen LogP contribution in [0.4, 0.5) is 5.69 Å². The van der Waals surface area contributed by atoms with Crippen molar-refractivity contribution >= 4 is 40.9 Å². The van der Waals surface area contributed by atoms with Gasteiger partial charge in [-0.1, -0.05) is 23.7 Å². The third-order valence-electron chi connectivity index (χ3n) is 3.88. The lowest BCUT2D eigenvalue weighted by Gasteiger charge is -2.18.